The molecule has 1 heterocycles. The number of cyclic esters (lactones) is 1. The fourth-order valence-electron chi connectivity index (χ4n) is 4.29. The maximum Gasteiger partial charge on any atom is 0.305 e. The Balaban J connectivity index is 0.00000106. The molecule has 0 radical (unpaired) electrons. The third-order valence-electron chi connectivity index (χ3n) is 6.57. The van der Waals surface area contributed by atoms with E-state index >= 15 is 0 Å². The van der Waals surface area contributed by atoms with E-state index in [0.29, 0.717) is 13.0 Å². The minimum atomic E-state index is -0.0255. The SMILES string of the molecule is CCCCCCCCCCCCOCCCCCCCCCCCC.O=C1CCCCCO1. The summed E-state index contributed by atoms with van der Waals surface area (Å²) in [6.45, 7) is 7.21. The summed E-state index contributed by atoms with van der Waals surface area (Å²) in [4.78, 5) is 10.5. The number of ether oxygens (including phenoxy) is 2. The van der Waals surface area contributed by atoms with Crippen molar-refractivity contribution in [2.75, 3.05) is 19.8 Å². The molecule has 0 aliphatic carbocycles. The molecule has 0 aromatic heterocycles. The predicted molar refractivity (Wildman–Crippen MR) is 144 cm³/mol. The highest BCUT2D eigenvalue weighted by atomic mass is 16.5. The highest BCUT2D eigenvalue weighted by Crippen LogP contribution is 2.12. The van der Waals surface area contributed by atoms with Crippen LogP contribution in [0.2, 0.25) is 0 Å². The van der Waals surface area contributed by atoms with Crippen molar-refractivity contribution in [3.8, 4) is 0 Å². The number of rotatable bonds is 22. The van der Waals surface area contributed by atoms with Crippen molar-refractivity contribution in [3.05, 3.63) is 0 Å². The first-order valence-corrected chi connectivity index (χ1v) is 15.0. The Kier molecular flexibility index (Phi) is 29.0. The lowest BCUT2D eigenvalue weighted by Gasteiger charge is -2.05. The zero-order chi connectivity index (χ0) is 24.1. The highest BCUT2D eigenvalue weighted by molar-refractivity contribution is 5.69. The van der Waals surface area contributed by atoms with Gasteiger partial charge in [-0.3, -0.25) is 4.79 Å². The molecule has 1 aliphatic heterocycles. The lowest BCUT2D eigenvalue weighted by Crippen LogP contribution is -2.00. The van der Waals surface area contributed by atoms with Gasteiger partial charge in [0.1, 0.15) is 0 Å². The second kappa shape index (κ2) is 29.5. The van der Waals surface area contributed by atoms with Crippen LogP contribution in [-0.4, -0.2) is 25.8 Å². The van der Waals surface area contributed by atoms with Gasteiger partial charge in [0.15, 0.2) is 0 Å². The van der Waals surface area contributed by atoms with Crippen molar-refractivity contribution >= 4 is 5.97 Å². The van der Waals surface area contributed by atoms with Gasteiger partial charge in [-0.25, -0.2) is 0 Å². The van der Waals surface area contributed by atoms with E-state index < -0.39 is 0 Å². The van der Waals surface area contributed by atoms with Gasteiger partial charge in [0.25, 0.3) is 0 Å². The van der Waals surface area contributed by atoms with Crippen LogP contribution < -0.4 is 0 Å². The predicted octanol–water partition coefficient (Wildman–Crippen LogP) is 9.95. The summed E-state index contributed by atoms with van der Waals surface area (Å²) in [5.41, 5.74) is 0. The molecule has 0 N–H and O–H groups in total. The standard InChI is InChI=1S/C24H50O.C6H10O2/c1-3-5-7-9-11-13-15-17-19-21-23-25-24-22-20-18-16-14-12-10-8-6-4-2;7-6-4-2-1-3-5-8-6/h3-24H2,1-2H3;1-5H2. The van der Waals surface area contributed by atoms with Gasteiger partial charge in [-0.2, -0.15) is 0 Å². The van der Waals surface area contributed by atoms with Crippen LogP contribution in [0.15, 0.2) is 0 Å². The molecule has 0 unspecified atom stereocenters. The van der Waals surface area contributed by atoms with Crippen molar-refractivity contribution in [3.63, 3.8) is 0 Å². The summed E-state index contributed by atoms with van der Waals surface area (Å²) in [7, 11) is 0. The molecule has 33 heavy (non-hydrogen) atoms. The molecule has 1 aliphatic rings. The van der Waals surface area contributed by atoms with Crippen LogP contribution in [0, 0.1) is 0 Å². The minimum Gasteiger partial charge on any atom is -0.466 e. The first kappa shape index (κ1) is 32.4. The molecular formula is C30H60O3. The monoisotopic (exact) mass is 468 g/mol. The normalized spacial score (nSPS) is 13.8. The number of esters is 1. The summed E-state index contributed by atoms with van der Waals surface area (Å²) in [6, 6.07) is 0. The number of carbonyl (C=O) groups excluding carboxylic acids is 1. The second-order valence-corrected chi connectivity index (χ2v) is 10.0. The number of hydrogen-bond acceptors (Lipinski definition) is 3. The Morgan fingerprint density at radius 1 is 0.545 bits per heavy atom. The van der Waals surface area contributed by atoms with E-state index in [0.717, 1.165) is 32.5 Å². The van der Waals surface area contributed by atoms with Crippen LogP contribution in [0.3, 0.4) is 0 Å². The van der Waals surface area contributed by atoms with Crippen molar-refractivity contribution in [2.45, 2.75) is 168 Å². The molecule has 0 spiro atoms. The van der Waals surface area contributed by atoms with Gasteiger partial charge in [-0.15, -0.1) is 0 Å². The number of hydrogen-bond donors (Lipinski definition) is 0. The first-order chi connectivity index (χ1) is 16.3. The molecule has 1 rings (SSSR count). The van der Waals surface area contributed by atoms with Crippen LogP contribution in [0.1, 0.15) is 168 Å². The van der Waals surface area contributed by atoms with Crippen molar-refractivity contribution < 1.29 is 14.3 Å². The lowest BCUT2D eigenvalue weighted by atomic mass is 10.1. The quantitative estimate of drug-likeness (QED) is 0.117. The molecule has 3 heteroatoms. The van der Waals surface area contributed by atoms with Crippen LogP contribution in [0.25, 0.3) is 0 Å². The summed E-state index contributed by atoms with van der Waals surface area (Å²) >= 11 is 0. The van der Waals surface area contributed by atoms with E-state index in [9.17, 15) is 4.79 Å². The zero-order valence-corrected chi connectivity index (χ0v) is 22.8. The van der Waals surface area contributed by atoms with Gasteiger partial charge in [-0.1, -0.05) is 129 Å². The maximum atomic E-state index is 10.5. The molecule has 1 saturated heterocycles. The summed E-state index contributed by atoms with van der Waals surface area (Å²) in [5, 5.41) is 0. The van der Waals surface area contributed by atoms with E-state index in [1.807, 2.05) is 0 Å². The number of carbonyl (C=O) groups is 1. The molecular weight excluding hydrogens is 408 g/mol. The van der Waals surface area contributed by atoms with Crippen molar-refractivity contribution in [2.24, 2.45) is 0 Å². The third-order valence-corrected chi connectivity index (χ3v) is 6.57. The van der Waals surface area contributed by atoms with Crippen molar-refractivity contribution in [1.82, 2.24) is 0 Å². The Bertz CT molecular complexity index is 338. The van der Waals surface area contributed by atoms with Gasteiger partial charge < -0.3 is 9.47 Å². The Hall–Kier alpha value is -0.570. The van der Waals surface area contributed by atoms with Gasteiger partial charge in [0.05, 0.1) is 6.61 Å². The molecule has 198 valence electrons. The Labute approximate surface area is 208 Å². The third kappa shape index (κ3) is 29.4. The van der Waals surface area contributed by atoms with E-state index in [1.165, 1.54) is 128 Å². The summed E-state index contributed by atoms with van der Waals surface area (Å²) < 4.78 is 10.5. The highest BCUT2D eigenvalue weighted by Gasteiger charge is 2.05. The minimum absolute atomic E-state index is 0.0255. The molecule has 3 nitrogen and oxygen atoms in total. The molecule has 0 aromatic carbocycles. The summed E-state index contributed by atoms with van der Waals surface area (Å²) in [5.74, 6) is -0.0255. The fourth-order valence-corrected chi connectivity index (χ4v) is 4.29. The number of unbranched alkanes of at least 4 members (excludes halogenated alkanes) is 18. The maximum absolute atomic E-state index is 10.5. The molecule has 0 saturated carbocycles. The van der Waals surface area contributed by atoms with Crippen LogP contribution in [-0.2, 0) is 14.3 Å². The largest absolute Gasteiger partial charge is 0.466 e. The first-order valence-electron chi connectivity index (χ1n) is 15.0. The fraction of sp³-hybridized carbons (Fsp3) is 0.967. The topological polar surface area (TPSA) is 35.5 Å². The van der Waals surface area contributed by atoms with E-state index in [2.05, 4.69) is 13.8 Å². The van der Waals surface area contributed by atoms with E-state index in [1.54, 1.807) is 0 Å². The van der Waals surface area contributed by atoms with Crippen LogP contribution in [0.4, 0.5) is 0 Å². The van der Waals surface area contributed by atoms with Gasteiger partial charge in [-0.05, 0) is 32.1 Å². The molecule has 1 fully saturated rings. The molecule has 0 bridgehead atoms. The van der Waals surface area contributed by atoms with Crippen LogP contribution >= 0.6 is 0 Å². The smallest absolute Gasteiger partial charge is 0.305 e. The summed E-state index contributed by atoms with van der Waals surface area (Å²) in [6.07, 6.45) is 32.0. The lowest BCUT2D eigenvalue weighted by molar-refractivity contribution is -0.142. The average molecular weight is 469 g/mol. The molecule has 0 aromatic rings. The molecule has 0 amide bonds. The van der Waals surface area contributed by atoms with E-state index in [4.69, 9.17) is 9.47 Å². The van der Waals surface area contributed by atoms with Gasteiger partial charge >= 0.3 is 5.97 Å². The average Bonchev–Trinajstić information content (AvgIpc) is 3.08. The second-order valence-electron chi connectivity index (χ2n) is 10.0. The van der Waals surface area contributed by atoms with Gasteiger partial charge in [0, 0.05) is 19.6 Å². The Morgan fingerprint density at radius 2 is 0.939 bits per heavy atom. The van der Waals surface area contributed by atoms with E-state index in [-0.39, 0.29) is 5.97 Å². The van der Waals surface area contributed by atoms with Crippen LogP contribution in [0.5, 0.6) is 0 Å². The molecule has 0 atom stereocenters. The Morgan fingerprint density at radius 3 is 1.36 bits per heavy atom. The van der Waals surface area contributed by atoms with Crippen molar-refractivity contribution in [1.29, 1.82) is 0 Å². The van der Waals surface area contributed by atoms with Gasteiger partial charge in [0.2, 0.25) is 0 Å². The zero-order valence-electron chi connectivity index (χ0n) is 22.8.